The highest BCUT2D eigenvalue weighted by Crippen LogP contribution is 2.48. The van der Waals surface area contributed by atoms with Gasteiger partial charge in [-0.1, -0.05) is 19.3 Å². The smallest absolute Gasteiger partial charge is 0.240 e. The van der Waals surface area contributed by atoms with Gasteiger partial charge in [-0.15, -0.1) is 0 Å². The molecule has 27 heavy (non-hydrogen) atoms. The average molecular weight is 368 g/mol. The fourth-order valence-electron chi connectivity index (χ4n) is 4.34. The number of primary amides is 1. The molecular weight excluding hydrogens is 347 g/mol. The maximum atomic E-state index is 13.3. The minimum atomic E-state index is -0.702. The summed E-state index contributed by atoms with van der Waals surface area (Å²) in [5, 5.41) is 0. The van der Waals surface area contributed by atoms with Crippen LogP contribution in [0.15, 0.2) is 36.7 Å². The van der Waals surface area contributed by atoms with Gasteiger partial charge >= 0.3 is 0 Å². The van der Waals surface area contributed by atoms with Crippen LogP contribution in [0.3, 0.4) is 0 Å². The number of benzene rings is 1. The van der Waals surface area contributed by atoms with Gasteiger partial charge in [-0.3, -0.25) is 14.5 Å². The molecule has 1 aliphatic heterocycles. The van der Waals surface area contributed by atoms with Crippen LogP contribution >= 0.6 is 0 Å². The van der Waals surface area contributed by atoms with Crippen LogP contribution in [0, 0.1) is 11.2 Å². The highest BCUT2D eigenvalue weighted by Gasteiger charge is 2.54. The number of carbonyl (C=O) groups is 2. The van der Waals surface area contributed by atoms with Crippen molar-refractivity contribution in [3.8, 4) is 11.3 Å². The van der Waals surface area contributed by atoms with E-state index in [1.54, 1.807) is 18.2 Å². The van der Waals surface area contributed by atoms with Crippen LogP contribution in [0.4, 0.5) is 10.2 Å². The van der Waals surface area contributed by atoms with Gasteiger partial charge in [-0.05, 0) is 43.5 Å². The summed E-state index contributed by atoms with van der Waals surface area (Å²) in [7, 11) is 0. The molecule has 2 amide bonds. The Labute approximate surface area is 156 Å². The minimum Gasteiger partial charge on any atom is -0.368 e. The lowest BCUT2D eigenvalue weighted by Gasteiger charge is -2.31. The number of amides is 2. The first-order valence-electron chi connectivity index (χ1n) is 9.21. The van der Waals surface area contributed by atoms with E-state index in [0.29, 0.717) is 23.5 Å². The number of hydrogen-bond acceptors (Lipinski definition) is 4. The molecule has 2 N–H and O–H groups in total. The Hall–Kier alpha value is -2.83. The number of carbonyl (C=O) groups excluding carboxylic acids is 2. The molecule has 2 fully saturated rings. The molecular formula is C20H21FN4O2. The third kappa shape index (κ3) is 3.07. The zero-order valence-electron chi connectivity index (χ0n) is 14.9. The zero-order valence-corrected chi connectivity index (χ0v) is 14.9. The summed E-state index contributed by atoms with van der Waals surface area (Å²) in [5.74, 6) is -0.571. The SMILES string of the molecule is NC(=O)C1CC2(CCCCC2)C(=O)N1c1cc(-c2ccc(F)cc2)ncn1. The predicted molar refractivity (Wildman–Crippen MR) is 98.0 cm³/mol. The normalized spacial score (nSPS) is 21.6. The van der Waals surface area contributed by atoms with E-state index in [0.717, 1.165) is 32.1 Å². The number of aromatic nitrogens is 2. The fraction of sp³-hybridized carbons (Fsp3) is 0.400. The molecule has 1 atom stereocenters. The Balaban J connectivity index is 1.72. The quantitative estimate of drug-likeness (QED) is 0.902. The first-order chi connectivity index (χ1) is 13.0. The second-order valence-corrected chi connectivity index (χ2v) is 7.41. The Morgan fingerprint density at radius 1 is 1.15 bits per heavy atom. The fourth-order valence-corrected chi connectivity index (χ4v) is 4.34. The molecule has 1 aromatic carbocycles. The second-order valence-electron chi connectivity index (χ2n) is 7.41. The van der Waals surface area contributed by atoms with E-state index < -0.39 is 17.4 Å². The Bertz CT molecular complexity index is 878. The van der Waals surface area contributed by atoms with Crippen LogP contribution < -0.4 is 10.6 Å². The third-order valence-electron chi connectivity index (χ3n) is 5.75. The molecule has 2 aliphatic rings. The lowest BCUT2D eigenvalue weighted by atomic mass is 9.72. The van der Waals surface area contributed by atoms with Gasteiger partial charge in [0.15, 0.2) is 0 Å². The van der Waals surface area contributed by atoms with E-state index in [1.165, 1.54) is 23.4 Å². The van der Waals surface area contributed by atoms with Crippen LogP contribution in [0.25, 0.3) is 11.3 Å². The van der Waals surface area contributed by atoms with Gasteiger partial charge in [-0.2, -0.15) is 0 Å². The maximum absolute atomic E-state index is 13.3. The Morgan fingerprint density at radius 3 is 2.52 bits per heavy atom. The molecule has 2 aromatic rings. The lowest BCUT2D eigenvalue weighted by Crippen LogP contribution is -2.43. The van der Waals surface area contributed by atoms with E-state index in [9.17, 15) is 14.0 Å². The topological polar surface area (TPSA) is 89.2 Å². The molecule has 1 saturated heterocycles. The van der Waals surface area contributed by atoms with Crippen molar-refractivity contribution in [1.82, 2.24) is 9.97 Å². The Morgan fingerprint density at radius 2 is 1.85 bits per heavy atom. The van der Waals surface area contributed by atoms with E-state index >= 15 is 0 Å². The van der Waals surface area contributed by atoms with Gasteiger partial charge in [0.2, 0.25) is 11.8 Å². The monoisotopic (exact) mass is 368 g/mol. The lowest BCUT2D eigenvalue weighted by molar-refractivity contribution is -0.127. The molecule has 1 spiro atoms. The van der Waals surface area contributed by atoms with Gasteiger partial charge in [0.05, 0.1) is 11.1 Å². The largest absolute Gasteiger partial charge is 0.368 e. The van der Waals surface area contributed by atoms with E-state index in [2.05, 4.69) is 9.97 Å². The standard InChI is InChI=1S/C20H21FN4O2/c21-14-6-4-13(5-7-14)15-10-17(24-12-23-15)25-16(18(22)26)11-20(19(25)27)8-2-1-3-9-20/h4-7,10,12,16H,1-3,8-9,11H2,(H2,22,26). The van der Waals surface area contributed by atoms with Gasteiger partial charge in [0.1, 0.15) is 24.0 Å². The summed E-state index contributed by atoms with van der Waals surface area (Å²) in [6, 6.07) is 6.88. The van der Waals surface area contributed by atoms with Crippen LogP contribution in [0.1, 0.15) is 38.5 Å². The predicted octanol–water partition coefficient (Wildman–Crippen LogP) is 2.82. The molecule has 7 heteroatoms. The number of rotatable bonds is 3. The van der Waals surface area contributed by atoms with Crippen LogP contribution in [-0.4, -0.2) is 27.8 Å². The van der Waals surface area contributed by atoms with Crippen molar-refractivity contribution >= 4 is 17.6 Å². The summed E-state index contributed by atoms with van der Waals surface area (Å²) in [4.78, 5) is 35.3. The number of nitrogens with zero attached hydrogens (tertiary/aromatic N) is 3. The van der Waals surface area contributed by atoms with E-state index in [4.69, 9.17) is 5.73 Å². The number of anilines is 1. The third-order valence-corrected chi connectivity index (χ3v) is 5.75. The molecule has 0 radical (unpaired) electrons. The molecule has 1 unspecified atom stereocenters. The molecule has 0 bridgehead atoms. The van der Waals surface area contributed by atoms with Crippen molar-refractivity contribution in [3.05, 3.63) is 42.5 Å². The first kappa shape index (κ1) is 17.6. The highest BCUT2D eigenvalue weighted by atomic mass is 19.1. The summed E-state index contributed by atoms with van der Waals surface area (Å²) in [6.07, 6.45) is 6.43. The van der Waals surface area contributed by atoms with Crippen molar-refractivity contribution in [2.24, 2.45) is 11.1 Å². The van der Waals surface area contributed by atoms with Gasteiger partial charge in [0, 0.05) is 11.6 Å². The summed E-state index contributed by atoms with van der Waals surface area (Å²) in [5.41, 5.74) is 6.37. The first-order valence-corrected chi connectivity index (χ1v) is 9.21. The Kier molecular flexibility index (Phi) is 4.37. The van der Waals surface area contributed by atoms with Crippen molar-refractivity contribution in [1.29, 1.82) is 0 Å². The van der Waals surface area contributed by atoms with Gasteiger partial charge in [0.25, 0.3) is 0 Å². The molecule has 6 nitrogen and oxygen atoms in total. The summed E-state index contributed by atoms with van der Waals surface area (Å²) in [6.45, 7) is 0. The zero-order chi connectivity index (χ0) is 19.0. The molecule has 4 rings (SSSR count). The molecule has 2 heterocycles. The van der Waals surface area contributed by atoms with Crippen LogP contribution in [0.2, 0.25) is 0 Å². The number of halogens is 1. The highest BCUT2D eigenvalue weighted by molar-refractivity contribution is 6.06. The van der Waals surface area contributed by atoms with Crippen molar-refractivity contribution < 1.29 is 14.0 Å². The average Bonchev–Trinajstić information content (AvgIpc) is 2.96. The molecule has 140 valence electrons. The second kappa shape index (κ2) is 6.72. The molecule has 1 aliphatic carbocycles. The van der Waals surface area contributed by atoms with Gasteiger partial charge in [-0.25, -0.2) is 14.4 Å². The maximum Gasteiger partial charge on any atom is 0.240 e. The van der Waals surface area contributed by atoms with E-state index in [-0.39, 0.29) is 11.7 Å². The molecule has 1 aromatic heterocycles. The van der Waals surface area contributed by atoms with Gasteiger partial charge < -0.3 is 5.73 Å². The summed E-state index contributed by atoms with van der Waals surface area (Å²) < 4.78 is 13.2. The minimum absolute atomic E-state index is 0.0743. The van der Waals surface area contributed by atoms with Crippen molar-refractivity contribution in [3.63, 3.8) is 0 Å². The van der Waals surface area contributed by atoms with Crippen LogP contribution in [-0.2, 0) is 9.59 Å². The van der Waals surface area contributed by atoms with Crippen molar-refractivity contribution in [2.75, 3.05) is 4.90 Å². The molecule has 1 saturated carbocycles. The number of nitrogens with two attached hydrogens (primary N) is 1. The van der Waals surface area contributed by atoms with Crippen molar-refractivity contribution in [2.45, 2.75) is 44.6 Å². The van der Waals surface area contributed by atoms with Crippen LogP contribution in [0.5, 0.6) is 0 Å². The van der Waals surface area contributed by atoms with E-state index in [1.807, 2.05) is 0 Å². The number of hydrogen-bond donors (Lipinski definition) is 1. The summed E-state index contributed by atoms with van der Waals surface area (Å²) >= 11 is 0.